The van der Waals surface area contributed by atoms with Crippen molar-refractivity contribution in [2.24, 2.45) is 0 Å². The molecule has 26 heavy (non-hydrogen) atoms. The average molecular weight is 377 g/mol. The molecule has 0 fully saturated rings. The zero-order valence-electron chi connectivity index (χ0n) is 13.4. The quantitative estimate of drug-likeness (QED) is 0.601. The van der Waals surface area contributed by atoms with Crippen LogP contribution < -0.4 is 10.1 Å². The van der Waals surface area contributed by atoms with Crippen molar-refractivity contribution in [3.8, 4) is 11.6 Å². The molecule has 0 aliphatic carbocycles. The lowest BCUT2D eigenvalue weighted by Gasteiger charge is -2.13. The van der Waals surface area contributed by atoms with Crippen molar-refractivity contribution in [2.45, 2.75) is 17.6 Å². The minimum Gasteiger partial charge on any atom is -0.437 e. The van der Waals surface area contributed by atoms with Gasteiger partial charge < -0.3 is 10.1 Å². The number of pyridine rings is 2. The van der Waals surface area contributed by atoms with Crippen molar-refractivity contribution in [2.75, 3.05) is 5.32 Å². The SMILES string of the molecule is FC(F)(F)c1cc(NCc2ccccc2S)nc(Oc2cccnc2)c1. The summed E-state index contributed by atoms with van der Waals surface area (Å²) < 4.78 is 44.9. The number of aromatic nitrogens is 2. The van der Waals surface area contributed by atoms with Gasteiger partial charge in [0.05, 0.1) is 11.8 Å². The molecule has 0 aliphatic heterocycles. The number of ether oxygens (including phenoxy) is 1. The number of anilines is 1. The van der Waals surface area contributed by atoms with Crippen LogP contribution in [-0.2, 0) is 12.7 Å². The molecule has 1 aromatic carbocycles. The molecule has 0 spiro atoms. The molecule has 4 nitrogen and oxygen atoms in total. The molecule has 3 rings (SSSR count). The minimum absolute atomic E-state index is 0.0512. The van der Waals surface area contributed by atoms with Gasteiger partial charge in [0.25, 0.3) is 0 Å². The highest BCUT2D eigenvalue weighted by Crippen LogP contribution is 2.34. The van der Waals surface area contributed by atoms with E-state index in [0.29, 0.717) is 5.75 Å². The summed E-state index contributed by atoms with van der Waals surface area (Å²) in [5.74, 6) is 0.177. The maximum absolute atomic E-state index is 13.2. The largest absolute Gasteiger partial charge is 0.437 e. The first-order valence-corrected chi connectivity index (χ1v) is 8.04. The van der Waals surface area contributed by atoms with Gasteiger partial charge in [-0.3, -0.25) is 4.98 Å². The summed E-state index contributed by atoms with van der Waals surface area (Å²) in [5, 5.41) is 2.88. The summed E-state index contributed by atoms with van der Waals surface area (Å²) in [4.78, 5) is 8.70. The van der Waals surface area contributed by atoms with E-state index in [0.717, 1.165) is 22.6 Å². The molecule has 2 heterocycles. The molecule has 0 saturated carbocycles. The van der Waals surface area contributed by atoms with Crippen molar-refractivity contribution in [3.05, 3.63) is 72.1 Å². The van der Waals surface area contributed by atoms with Gasteiger partial charge in [-0.15, -0.1) is 12.6 Å². The number of alkyl halides is 3. The van der Waals surface area contributed by atoms with E-state index < -0.39 is 11.7 Å². The molecule has 0 unspecified atom stereocenters. The van der Waals surface area contributed by atoms with Gasteiger partial charge in [-0.25, -0.2) is 0 Å². The minimum atomic E-state index is -4.52. The number of rotatable bonds is 5. The van der Waals surface area contributed by atoms with Crippen LogP contribution in [0.3, 0.4) is 0 Å². The second kappa shape index (κ2) is 7.65. The van der Waals surface area contributed by atoms with Crippen LogP contribution in [0, 0.1) is 0 Å². The molecule has 0 bridgehead atoms. The number of hydrogen-bond donors (Lipinski definition) is 2. The maximum atomic E-state index is 13.2. The van der Waals surface area contributed by atoms with E-state index in [9.17, 15) is 13.2 Å². The summed E-state index contributed by atoms with van der Waals surface area (Å²) in [5.41, 5.74) is -0.0159. The van der Waals surface area contributed by atoms with Crippen molar-refractivity contribution >= 4 is 18.4 Å². The summed E-state index contributed by atoms with van der Waals surface area (Å²) in [6.45, 7) is 0.278. The Kier molecular flexibility index (Phi) is 5.32. The van der Waals surface area contributed by atoms with Gasteiger partial charge in [-0.1, -0.05) is 18.2 Å². The third kappa shape index (κ3) is 4.66. The van der Waals surface area contributed by atoms with Crippen LogP contribution in [0.5, 0.6) is 11.6 Å². The van der Waals surface area contributed by atoms with Crippen LogP contribution in [0.25, 0.3) is 0 Å². The molecular formula is C18H14F3N3OS. The summed E-state index contributed by atoms with van der Waals surface area (Å²) in [6.07, 6.45) is -1.59. The van der Waals surface area contributed by atoms with E-state index in [1.54, 1.807) is 18.2 Å². The number of nitrogens with one attached hydrogen (secondary N) is 1. The Morgan fingerprint density at radius 2 is 1.88 bits per heavy atom. The van der Waals surface area contributed by atoms with E-state index >= 15 is 0 Å². The standard InChI is InChI=1S/C18H14F3N3OS/c19-18(20,21)13-8-16(23-10-12-4-1-2-6-15(12)26)24-17(9-13)25-14-5-3-7-22-11-14/h1-9,11,26H,10H2,(H,23,24). The molecule has 0 atom stereocenters. The third-order valence-electron chi connectivity index (χ3n) is 3.44. The third-order valence-corrected chi connectivity index (χ3v) is 3.87. The number of halogens is 3. The molecule has 8 heteroatoms. The monoisotopic (exact) mass is 377 g/mol. The van der Waals surface area contributed by atoms with Crippen LogP contribution in [0.4, 0.5) is 19.0 Å². The second-order valence-corrected chi connectivity index (χ2v) is 5.83. The highest BCUT2D eigenvalue weighted by molar-refractivity contribution is 7.80. The number of thiol groups is 1. The molecule has 134 valence electrons. The van der Waals surface area contributed by atoms with Gasteiger partial charge >= 0.3 is 6.18 Å². The van der Waals surface area contributed by atoms with E-state index in [4.69, 9.17) is 4.74 Å². The first-order chi connectivity index (χ1) is 12.4. The Morgan fingerprint density at radius 3 is 2.58 bits per heavy atom. The summed E-state index contributed by atoms with van der Waals surface area (Å²) >= 11 is 4.32. The van der Waals surface area contributed by atoms with Gasteiger partial charge in [0.15, 0.2) is 0 Å². The van der Waals surface area contributed by atoms with Crippen LogP contribution in [0.15, 0.2) is 65.8 Å². The molecule has 0 radical (unpaired) electrons. The zero-order valence-corrected chi connectivity index (χ0v) is 14.3. The molecule has 1 N–H and O–H groups in total. The van der Waals surface area contributed by atoms with Crippen LogP contribution >= 0.6 is 12.6 Å². The molecule has 0 aliphatic rings. The Balaban J connectivity index is 1.86. The Hall–Kier alpha value is -2.74. The predicted octanol–water partition coefficient (Wildman–Crippen LogP) is 5.19. The lowest BCUT2D eigenvalue weighted by Crippen LogP contribution is -2.09. The number of nitrogens with zero attached hydrogens (tertiary/aromatic N) is 2. The van der Waals surface area contributed by atoms with Gasteiger partial charge in [0.1, 0.15) is 11.6 Å². The Bertz CT molecular complexity index is 888. The van der Waals surface area contributed by atoms with Crippen LogP contribution in [0.2, 0.25) is 0 Å². The van der Waals surface area contributed by atoms with E-state index in [1.807, 2.05) is 18.2 Å². The molecular weight excluding hydrogens is 363 g/mol. The zero-order chi connectivity index (χ0) is 18.6. The van der Waals surface area contributed by atoms with E-state index in [2.05, 4.69) is 27.9 Å². The van der Waals surface area contributed by atoms with Crippen molar-refractivity contribution in [3.63, 3.8) is 0 Å². The van der Waals surface area contributed by atoms with Crippen molar-refractivity contribution in [1.29, 1.82) is 0 Å². The van der Waals surface area contributed by atoms with Crippen molar-refractivity contribution in [1.82, 2.24) is 9.97 Å². The van der Waals surface area contributed by atoms with Gasteiger partial charge in [0, 0.05) is 23.7 Å². The van der Waals surface area contributed by atoms with Gasteiger partial charge in [-0.2, -0.15) is 18.2 Å². The normalized spacial score (nSPS) is 11.2. The first-order valence-electron chi connectivity index (χ1n) is 7.60. The summed E-state index contributed by atoms with van der Waals surface area (Å²) in [6, 6.07) is 12.3. The second-order valence-electron chi connectivity index (χ2n) is 5.35. The average Bonchev–Trinajstić information content (AvgIpc) is 2.61. The highest BCUT2D eigenvalue weighted by atomic mass is 32.1. The van der Waals surface area contributed by atoms with Crippen molar-refractivity contribution < 1.29 is 17.9 Å². The Morgan fingerprint density at radius 1 is 1.08 bits per heavy atom. The maximum Gasteiger partial charge on any atom is 0.416 e. The summed E-state index contributed by atoms with van der Waals surface area (Å²) in [7, 11) is 0. The van der Waals surface area contributed by atoms with Crippen LogP contribution in [0.1, 0.15) is 11.1 Å². The fourth-order valence-corrected chi connectivity index (χ4v) is 2.43. The molecule has 0 saturated heterocycles. The fourth-order valence-electron chi connectivity index (χ4n) is 2.19. The number of benzene rings is 1. The van der Waals surface area contributed by atoms with Gasteiger partial charge in [-0.05, 0) is 29.8 Å². The van der Waals surface area contributed by atoms with Gasteiger partial charge in [0.2, 0.25) is 5.88 Å². The lowest BCUT2D eigenvalue weighted by molar-refractivity contribution is -0.137. The fraction of sp³-hybridized carbons (Fsp3) is 0.111. The lowest BCUT2D eigenvalue weighted by atomic mass is 10.2. The molecule has 2 aromatic heterocycles. The smallest absolute Gasteiger partial charge is 0.416 e. The highest BCUT2D eigenvalue weighted by Gasteiger charge is 2.32. The van der Waals surface area contributed by atoms with E-state index in [-0.39, 0.29) is 18.2 Å². The molecule has 3 aromatic rings. The molecule has 0 amide bonds. The topological polar surface area (TPSA) is 47.0 Å². The predicted molar refractivity (Wildman–Crippen MR) is 94.6 cm³/mol. The van der Waals surface area contributed by atoms with Crippen LogP contribution in [-0.4, -0.2) is 9.97 Å². The number of hydrogen-bond acceptors (Lipinski definition) is 5. The van der Waals surface area contributed by atoms with E-state index in [1.165, 1.54) is 12.4 Å². The Labute approximate surface area is 153 Å². The first kappa shape index (κ1) is 18.1.